The number of piperazine rings is 1. The summed E-state index contributed by atoms with van der Waals surface area (Å²) in [6, 6.07) is 5.13. The van der Waals surface area contributed by atoms with E-state index in [9.17, 15) is 18.0 Å². The van der Waals surface area contributed by atoms with Crippen LogP contribution in [0, 0.1) is 5.82 Å². The first-order valence-corrected chi connectivity index (χ1v) is 10.8. The summed E-state index contributed by atoms with van der Waals surface area (Å²) < 4.78 is 41.4. The lowest BCUT2D eigenvalue weighted by Gasteiger charge is -2.38. The molecule has 0 unspecified atom stereocenters. The van der Waals surface area contributed by atoms with Crippen LogP contribution in [0.4, 0.5) is 24.5 Å². The van der Waals surface area contributed by atoms with Gasteiger partial charge < -0.3 is 19.9 Å². The van der Waals surface area contributed by atoms with E-state index in [-0.39, 0.29) is 29.0 Å². The van der Waals surface area contributed by atoms with Crippen molar-refractivity contribution in [2.75, 3.05) is 23.3 Å². The van der Waals surface area contributed by atoms with Crippen molar-refractivity contribution in [3.05, 3.63) is 60.1 Å². The molecule has 1 fully saturated rings. The molecule has 0 aliphatic carbocycles. The standard InChI is InChI=1S/C23H22F3N7O/c1-12-8-32(9-13(2)29-12)18-4-3-15(19-20(18)28-6-5-27-19)23(34)30-14-7-16(24)22-31-17(21(25)26)11-33(22)10-14/h3-7,10-13,21,29H,8-9H2,1-2H3,(H,30,34)/t12-,13-/m0/s1. The zero-order valence-corrected chi connectivity index (χ0v) is 18.5. The number of carbonyl (C=O) groups is 1. The Morgan fingerprint density at radius 1 is 1.12 bits per heavy atom. The molecule has 1 aliphatic heterocycles. The van der Waals surface area contributed by atoms with Gasteiger partial charge in [0.25, 0.3) is 12.3 Å². The van der Waals surface area contributed by atoms with Crippen LogP contribution in [0.15, 0.2) is 43.0 Å². The number of rotatable bonds is 4. The van der Waals surface area contributed by atoms with Gasteiger partial charge in [-0.2, -0.15) is 0 Å². The Morgan fingerprint density at radius 3 is 2.53 bits per heavy atom. The molecule has 5 rings (SSSR count). The summed E-state index contributed by atoms with van der Waals surface area (Å²) in [5.41, 5.74) is 1.46. The maximum atomic E-state index is 14.4. The van der Waals surface area contributed by atoms with Crippen LogP contribution in [0.1, 0.15) is 36.3 Å². The van der Waals surface area contributed by atoms with E-state index in [4.69, 9.17) is 0 Å². The molecular weight excluding hydrogens is 447 g/mol. The molecule has 176 valence electrons. The molecule has 34 heavy (non-hydrogen) atoms. The van der Waals surface area contributed by atoms with Gasteiger partial charge >= 0.3 is 0 Å². The zero-order chi connectivity index (χ0) is 24.0. The minimum Gasteiger partial charge on any atom is -0.367 e. The van der Waals surface area contributed by atoms with Crippen LogP contribution >= 0.6 is 0 Å². The number of alkyl halides is 2. The lowest BCUT2D eigenvalue weighted by atomic mass is 10.1. The third kappa shape index (κ3) is 4.03. The fourth-order valence-corrected chi connectivity index (χ4v) is 4.45. The number of amides is 1. The first kappa shape index (κ1) is 22.1. The molecule has 0 radical (unpaired) electrons. The highest BCUT2D eigenvalue weighted by Crippen LogP contribution is 2.29. The molecule has 1 aromatic carbocycles. The van der Waals surface area contributed by atoms with Gasteiger partial charge in [-0.1, -0.05) is 0 Å². The smallest absolute Gasteiger partial charge is 0.281 e. The monoisotopic (exact) mass is 469 g/mol. The average Bonchev–Trinajstić information content (AvgIpc) is 3.23. The first-order valence-electron chi connectivity index (χ1n) is 10.8. The van der Waals surface area contributed by atoms with Crippen LogP contribution < -0.4 is 15.5 Å². The van der Waals surface area contributed by atoms with Crippen molar-refractivity contribution >= 4 is 34.0 Å². The largest absolute Gasteiger partial charge is 0.367 e. The van der Waals surface area contributed by atoms with E-state index in [0.717, 1.165) is 35.4 Å². The van der Waals surface area contributed by atoms with Gasteiger partial charge in [0.05, 0.1) is 16.9 Å². The third-order valence-corrected chi connectivity index (χ3v) is 5.75. The van der Waals surface area contributed by atoms with Gasteiger partial charge in [0.1, 0.15) is 16.7 Å². The Kier molecular flexibility index (Phi) is 5.56. The number of aromatic nitrogens is 4. The van der Waals surface area contributed by atoms with Gasteiger partial charge in [-0.25, -0.2) is 18.2 Å². The number of fused-ring (bicyclic) bond motifs is 2. The van der Waals surface area contributed by atoms with Gasteiger partial charge in [0.15, 0.2) is 11.5 Å². The SMILES string of the molecule is C[C@H]1CN(c2ccc(C(=O)Nc3cc(F)c4nc(C(F)F)cn4c3)c3nccnc23)C[C@H](C)N1. The second-order valence-corrected chi connectivity index (χ2v) is 8.49. The molecule has 0 spiro atoms. The predicted octanol–water partition coefficient (Wildman–Crippen LogP) is 3.79. The summed E-state index contributed by atoms with van der Waals surface area (Å²) in [5.74, 6) is -1.35. The molecule has 1 aliphatic rings. The van der Waals surface area contributed by atoms with E-state index >= 15 is 0 Å². The third-order valence-electron chi connectivity index (χ3n) is 5.75. The molecule has 2 N–H and O–H groups in total. The summed E-state index contributed by atoms with van der Waals surface area (Å²) >= 11 is 0. The second-order valence-electron chi connectivity index (χ2n) is 8.49. The van der Waals surface area contributed by atoms with Crippen LogP contribution in [-0.4, -0.2) is 50.4 Å². The predicted molar refractivity (Wildman–Crippen MR) is 122 cm³/mol. The van der Waals surface area contributed by atoms with Crippen molar-refractivity contribution in [2.24, 2.45) is 0 Å². The van der Waals surface area contributed by atoms with Gasteiger partial charge in [0, 0.05) is 56.0 Å². The van der Waals surface area contributed by atoms with Gasteiger partial charge in [0.2, 0.25) is 0 Å². The van der Waals surface area contributed by atoms with Crippen molar-refractivity contribution in [2.45, 2.75) is 32.4 Å². The van der Waals surface area contributed by atoms with E-state index < -0.39 is 23.8 Å². The number of benzene rings is 1. The van der Waals surface area contributed by atoms with E-state index in [2.05, 4.69) is 44.3 Å². The van der Waals surface area contributed by atoms with Crippen LogP contribution in [0.3, 0.4) is 0 Å². The summed E-state index contributed by atoms with van der Waals surface area (Å²) in [6.45, 7) is 5.79. The topological polar surface area (TPSA) is 87.5 Å². The minimum atomic E-state index is -2.83. The Labute approximate surface area is 192 Å². The molecule has 0 bridgehead atoms. The number of hydrogen-bond acceptors (Lipinski definition) is 6. The van der Waals surface area contributed by atoms with Gasteiger partial charge in [-0.05, 0) is 26.0 Å². The number of pyridine rings is 1. The van der Waals surface area contributed by atoms with E-state index in [0.29, 0.717) is 11.0 Å². The van der Waals surface area contributed by atoms with Crippen molar-refractivity contribution in [3.63, 3.8) is 0 Å². The molecule has 11 heteroatoms. The van der Waals surface area contributed by atoms with Crippen molar-refractivity contribution in [1.29, 1.82) is 0 Å². The number of hydrogen-bond donors (Lipinski definition) is 2. The lowest BCUT2D eigenvalue weighted by molar-refractivity contribution is 0.102. The van der Waals surface area contributed by atoms with Crippen molar-refractivity contribution in [1.82, 2.24) is 24.7 Å². The molecule has 8 nitrogen and oxygen atoms in total. The first-order chi connectivity index (χ1) is 16.3. The molecular formula is C23H22F3N7O. The Morgan fingerprint density at radius 2 is 1.82 bits per heavy atom. The molecule has 1 amide bonds. The molecule has 4 aromatic rings. The summed E-state index contributed by atoms with van der Waals surface area (Å²) in [4.78, 5) is 27.8. The number of anilines is 2. The molecule has 4 heterocycles. The summed E-state index contributed by atoms with van der Waals surface area (Å²) in [5, 5.41) is 6.12. The zero-order valence-electron chi connectivity index (χ0n) is 18.5. The minimum absolute atomic E-state index is 0.0964. The Hall–Kier alpha value is -3.73. The normalized spacial score (nSPS) is 18.7. The molecule has 1 saturated heterocycles. The Balaban J connectivity index is 1.48. The lowest BCUT2D eigenvalue weighted by Crippen LogP contribution is -2.54. The van der Waals surface area contributed by atoms with E-state index in [1.54, 1.807) is 12.3 Å². The van der Waals surface area contributed by atoms with Gasteiger partial charge in [-0.15, -0.1) is 0 Å². The van der Waals surface area contributed by atoms with Crippen LogP contribution in [0.2, 0.25) is 0 Å². The second kappa shape index (κ2) is 8.56. The number of nitrogens with zero attached hydrogens (tertiary/aromatic N) is 5. The average molecular weight is 469 g/mol. The summed E-state index contributed by atoms with van der Waals surface area (Å²) in [7, 11) is 0. The number of imidazole rings is 1. The highest BCUT2D eigenvalue weighted by atomic mass is 19.3. The van der Waals surface area contributed by atoms with Crippen LogP contribution in [0.5, 0.6) is 0 Å². The molecule has 0 saturated carbocycles. The maximum absolute atomic E-state index is 14.4. The molecule has 2 atom stereocenters. The van der Waals surface area contributed by atoms with Crippen LogP contribution in [0.25, 0.3) is 16.7 Å². The number of carbonyl (C=O) groups excluding carboxylic acids is 1. The van der Waals surface area contributed by atoms with Crippen molar-refractivity contribution < 1.29 is 18.0 Å². The quantitative estimate of drug-likeness (QED) is 0.473. The number of nitrogens with one attached hydrogen (secondary N) is 2. The summed E-state index contributed by atoms with van der Waals surface area (Å²) in [6.07, 6.45) is 2.62. The van der Waals surface area contributed by atoms with Gasteiger partial charge in [-0.3, -0.25) is 14.8 Å². The number of halogens is 3. The maximum Gasteiger partial charge on any atom is 0.281 e. The highest BCUT2D eigenvalue weighted by molar-refractivity contribution is 6.13. The Bertz CT molecular complexity index is 1380. The molecule has 3 aromatic heterocycles. The van der Waals surface area contributed by atoms with E-state index in [1.165, 1.54) is 12.4 Å². The van der Waals surface area contributed by atoms with Crippen molar-refractivity contribution in [3.8, 4) is 0 Å². The fourth-order valence-electron chi connectivity index (χ4n) is 4.45. The van der Waals surface area contributed by atoms with Crippen LogP contribution in [-0.2, 0) is 0 Å². The highest BCUT2D eigenvalue weighted by Gasteiger charge is 2.25. The van der Waals surface area contributed by atoms with E-state index in [1.807, 2.05) is 6.07 Å². The fraction of sp³-hybridized carbons (Fsp3) is 0.304.